The Hall–Kier alpha value is -4.96. The number of hydrogen-bond acceptors (Lipinski definition) is 8. The summed E-state index contributed by atoms with van der Waals surface area (Å²) in [6, 6.07) is 17.2. The number of carbonyl (C=O) groups is 1. The predicted molar refractivity (Wildman–Crippen MR) is 164 cm³/mol. The van der Waals surface area contributed by atoms with Crippen molar-refractivity contribution in [1.29, 1.82) is 0 Å². The fourth-order valence-corrected chi connectivity index (χ4v) is 4.65. The van der Waals surface area contributed by atoms with Gasteiger partial charge in [-0.1, -0.05) is 18.2 Å². The standard InChI is InChI=1S/C31H34N8O2/c1-37(2)16-17-38(3)28-19-29(41-5)26(18-25(28)34-30(40)21-10-13-32-14-11-21)36-31-33-15-12-24(35-31)23-20-39(4)27-9-7-6-8-22(23)27/h6-15,18-20H,16-17H2,1-5H3,(H,34,40)(H,33,35,36). The van der Waals surface area contributed by atoms with Gasteiger partial charge in [-0.25, -0.2) is 9.97 Å². The van der Waals surface area contributed by atoms with E-state index in [1.54, 1.807) is 37.8 Å². The number of carbonyl (C=O) groups excluding carboxylic acids is 1. The number of methoxy groups -OCH3 is 1. The molecule has 0 aliphatic rings. The number of pyridine rings is 1. The number of nitrogens with one attached hydrogen (secondary N) is 2. The summed E-state index contributed by atoms with van der Waals surface area (Å²) in [4.78, 5) is 30.7. The van der Waals surface area contributed by atoms with Crippen LogP contribution in [0, 0.1) is 0 Å². The van der Waals surface area contributed by atoms with Crippen molar-refractivity contribution in [2.24, 2.45) is 7.05 Å². The molecule has 0 saturated heterocycles. The topological polar surface area (TPSA) is 100 Å². The van der Waals surface area contributed by atoms with Gasteiger partial charge < -0.3 is 29.7 Å². The van der Waals surface area contributed by atoms with Crippen LogP contribution in [0.2, 0.25) is 0 Å². The molecule has 41 heavy (non-hydrogen) atoms. The number of rotatable bonds is 10. The molecule has 2 aromatic carbocycles. The van der Waals surface area contributed by atoms with Crippen LogP contribution in [-0.4, -0.2) is 71.7 Å². The van der Waals surface area contributed by atoms with Gasteiger partial charge in [0.05, 0.1) is 29.9 Å². The monoisotopic (exact) mass is 550 g/mol. The minimum absolute atomic E-state index is 0.236. The van der Waals surface area contributed by atoms with Gasteiger partial charge in [0.25, 0.3) is 5.91 Å². The average molecular weight is 551 g/mol. The number of benzene rings is 2. The maximum absolute atomic E-state index is 13.1. The van der Waals surface area contributed by atoms with Crippen LogP contribution in [0.15, 0.2) is 79.4 Å². The molecule has 1 amide bonds. The fourth-order valence-electron chi connectivity index (χ4n) is 4.65. The third-order valence-corrected chi connectivity index (χ3v) is 6.88. The van der Waals surface area contributed by atoms with E-state index in [0.717, 1.165) is 40.9 Å². The molecule has 10 nitrogen and oxygen atoms in total. The number of ether oxygens (including phenoxy) is 1. The number of anilines is 4. The lowest BCUT2D eigenvalue weighted by atomic mass is 10.1. The molecule has 10 heteroatoms. The maximum atomic E-state index is 13.1. The van der Waals surface area contributed by atoms with Gasteiger partial charge in [0.2, 0.25) is 5.95 Å². The van der Waals surface area contributed by atoms with Gasteiger partial charge >= 0.3 is 0 Å². The van der Waals surface area contributed by atoms with E-state index in [-0.39, 0.29) is 5.91 Å². The molecule has 0 atom stereocenters. The normalized spacial score (nSPS) is 11.1. The van der Waals surface area contributed by atoms with E-state index < -0.39 is 0 Å². The molecule has 0 unspecified atom stereocenters. The molecular formula is C31H34N8O2. The number of fused-ring (bicyclic) bond motifs is 1. The molecular weight excluding hydrogens is 516 g/mol. The number of likely N-dealkylation sites (N-methyl/N-ethyl adjacent to an activating group) is 2. The molecule has 210 valence electrons. The molecule has 0 bridgehead atoms. The Labute approximate surface area is 239 Å². The first-order valence-corrected chi connectivity index (χ1v) is 13.3. The number of aromatic nitrogens is 4. The van der Waals surface area contributed by atoms with Crippen LogP contribution < -0.4 is 20.3 Å². The molecule has 3 heterocycles. The summed E-state index contributed by atoms with van der Waals surface area (Å²) in [7, 11) is 9.69. The van der Waals surface area contributed by atoms with Gasteiger partial charge in [-0.3, -0.25) is 9.78 Å². The Bertz CT molecular complexity index is 1670. The molecule has 0 radical (unpaired) electrons. The molecule has 3 aromatic heterocycles. The molecule has 0 aliphatic heterocycles. The molecule has 0 fully saturated rings. The Morgan fingerprint density at radius 2 is 1.76 bits per heavy atom. The zero-order valence-corrected chi connectivity index (χ0v) is 23.9. The maximum Gasteiger partial charge on any atom is 0.255 e. The minimum Gasteiger partial charge on any atom is -0.494 e. The third kappa shape index (κ3) is 6.12. The first kappa shape index (κ1) is 27.6. The van der Waals surface area contributed by atoms with Crippen LogP contribution in [-0.2, 0) is 7.05 Å². The van der Waals surface area contributed by atoms with E-state index in [2.05, 4.69) is 53.3 Å². The first-order valence-electron chi connectivity index (χ1n) is 13.3. The number of aryl methyl sites for hydroxylation is 1. The Balaban J connectivity index is 1.51. The first-order chi connectivity index (χ1) is 19.8. The summed E-state index contributed by atoms with van der Waals surface area (Å²) in [5, 5.41) is 7.50. The Kier molecular flexibility index (Phi) is 8.11. The number of amides is 1. The summed E-state index contributed by atoms with van der Waals surface area (Å²) in [5.74, 6) is 0.770. The van der Waals surface area contributed by atoms with Gasteiger partial charge in [-0.15, -0.1) is 0 Å². The zero-order valence-electron chi connectivity index (χ0n) is 23.9. The Morgan fingerprint density at radius 1 is 0.976 bits per heavy atom. The van der Waals surface area contributed by atoms with Crippen LogP contribution in [0.4, 0.5) is 23.0 Å². The summed E-state index contributed by atoms with van der Waals surface area (Å²) in [5.41, 5.74) is 5.52. The highest BCUT2D eigenvalue weighted by Gasteiger charge is 2.18. The van der Waals surface area contributed by atoms with E-state index in [4.69, 9.17) is 9.72 Å². The van der Waals surface area contributed by atoms with Crippen molar-refractivity contribution in [3.63, 3.8) is 0 Å². The molecule has 5 rings (SSSR count). The van der Waals surface area contributed by atoms with Crippen molar-refractivity contribution >= 4 is 39.8 Å². The van der Waals surface area contributed by atoms with E-state index in [1.807, 2.05) is 58.5 Å². The lowest BCUT2D eigenvalue weighted by Gasteiger charge is -2.26. The summed E-state index contributed by atoms with van der Waals surface area (Å²) in [6.45, 7) is 1.59. The van der Waals surface area contributed by atoms with Crippen molar-refractivity contribution in [2.45, 2.75) is 0 Å². The predicted octanol–water partition coefficient (Wildman–Crippen LogP) is 5.03. The van der Waals surface area contributed by atoms with E-state index in [9.17, 15) is 4.79 Å². The highest BCUT2D eigenvalue weighted by molar-refractivity contribution is 6.06. The van der Waals surface area contributed by atoms with E-state index in [0.29, 0.717) is 28.6 Å². The number of nitrogens with zero attached hydrogens (tertiary/aromatic N) is 6. The van der Waals surface area contributed by atoms with Gasteiger partial charge in [0.15, 0.2) is 0 Å². The quantitative estimate of drug-likeness (QED) is 0.250. The van der Waals surface area contributed by atoms with Crippen molar-refractivity contribution in [3.05, 3.63) is 84.9 Å². The van der Waals surface area contributed by atoms with Crippen molar-refractivity contribution in [1.82, 2.24) is 24.4 Å². The van der Waals surface area contributed by atoms with Crippen LogP contribution in [0.25, 0.3) is 22.2 Å². The van der Waals surface area contributed by atoms with Crippen molar-refractivity contribution in [2.75, 3.05) is 56.9 Å². The van der Waals surface area contributed by atoms with E-state index >= 15 is 0 Å². The number of para-hydroxylation sites is 1. The molecule has 2 N–H and O–H groups in total. The molecule has 0 spiro atoms. The fraction of sp³-hybridized carbons (Fsp3) is 0.226. The van der Waals surface area contributed by atoms with E-state index in [1.165, 1.54) is 0 Å². The van der Waals surface area contributed by atoms with Crippen molar-refractivity contribution < 1.29 is 9.53 Å². The second kappa shape index (κ2) is 12.1. The molecule has 0 aliphatic carbocycles. The minimum atomic E-state index is -0.236. The lowest BCUT2D eigenvalue weighted by Crippen LogP contribution is -2.29. The highest BCUT2D eigenvalue weighted by atomic mass is 16.5. The summed E-state index contributed by atoms with van der Waals surface area (Å²) in [6.07, 6.45) is 7.00. The van der Waals surface area contributed by atoms with Crippen LogP contribution in [0.3, 0.4) is 0 Å². The lowest BCUT2D eigenvalue weighted by molar-refractivity contribution is 0.102. The van der Waals surface area contributed by atoms with Gasteiger partial charge in [0.1, 0.15) is 5.75 Å². The second-order valence-electron chi connectivity index (χ2n) is 10.0. The van der Waals surface area contributed by atoms with Gasteiger partial charge in [-0.2, -0.15) is 0 Å². The molecule has 5 aromatic rings. The van der Waals surface area contributed by atoms with Crippen LogP contribution in [0.1, 0.15) is 10.4 Å². The third-order valence-electron chi connectivity index (χ3n) is 6.88. The smallest absolute Gasteiger partial charge is 0.255 e. The van der Waals surface area contributed by atoms with Crippen LogP contribution in [0.5, 0.6) is 5.75 Å². The second-order valence-corrected chi connectivity index (χ2v) is 10.0. The average Bonchev–Trinajstić information content (AvgIpc) is 3.33. The van der Waals surface area contributed by atoms with Crippen LogP contribution >= 0.6 is 0 Å². The Morgan fingerprint density at radius 3 is 2.51 bits per heavy atom. The summed E-state index contributed by atoms with van der Waals surface area (Å²) >= 11 is 0. The number of hydrogen-bond donors (Lipinski definition) is 2. The summed E-state index contributed by atoms with van der Waals surface area (Å²) < 4.78 is 7.86. The van der Waals surface area contributed by atoms with Crippen molar-refractivity contribution in [3.8, 4) is 17.0 Å². The van der Waals surface area contributed by atoms with Gasteiger partial charge in [-0.05, 0) is 44.4 Å². The zero-order chi connectivity index (χ0) is 28.9. The molecule has 0 saturated carbocycles. The largest absolute Gasteiger partial charge is 0.494 e. The van der Waals surface area contributed by atoms with Gasteiger partial charge in [0, 0.05) is 80.1 Å². The highest BCUT2D eigenvalue weighted by Crippen LogP contribution is 2.38. The SMILES string of the molecule is COc1cc(N(C)CCN(C)C)c(NC(=O)c2ccncc2)cc1Nc1nccc(-c2cn(C)c3ccccc23)n1.